The molecule has 0 saturated carbocycles. The Labute approximate surface area is 173 Å². The Kier molecular flexibility index (Phi) is 5.14. The molecule has 154 valence electrons. The number of rotatable bonds is 6. The fourth-order valence-electron chi connectivity index (χ4n) is 3.24. The summed E-state index contributed by atoms with van der Waals surface area (Å²) in [4.78, 5) is 18.0. The van der Waals surface area contributed by atoms with Crippen LogP contribution in [0.25, 0.3) is 22.5 Å². The summed E-state index contributed by atoms with van der Waals surface area (Å²) in [5, 5.41) is 7.99. The minimum atomic E-state index is -0.315. The van der Waals surface area contributed by atoms with E-state index in [0.29, 0.717) is 45.2 Å². The molecule has 8 heteroatoms. The monoisotopic (exact) mass is 406 g/mol. The molecule has 0 radical (unpaired) electrons. The van der Waals surface area contributed by atoms with Gasteiger partial charge in [-0.25, -0.2) is 9.67 Å². The number of nitrogens with zero attached hydrogens (tertiary/aromatic N) is 3. The first-order valence-electron chi connectivity index (χ1n) is 9.47. The van der Waals surface area contributed by atoms with Crippen LogP contribution in [0.1, 0.15) is 30.2 Å². The molecule has 1 amide bonds. The average molecular weight is 406 g/mol. The molecule has 0 aliphatic heterocycles. The average Bonchev–Trinajstić information content (AvgIpc) is 3.42. The molecule has 8 nitrogen and oxygen atoms in total. The number of pyridine rings is 1. The molecule has 3 aromatic heterocycles. The van der Waals surface area contributed by atoms with Crippen molar-refractivity contribution >= 4 is 22.6 Å². The van der Waals surface area contributed by atoms with Gasteiger partial charge in [0.1, 0.15) is 17.2 Å². The van der Waals surface area contributed by atoms with Gasteiger partial charge in [0.2, 0.25) is 0 Å². The predicted octanol–water partition coefficient (Wildman–Crippen LogP) is 4.54. The normalized spacial score (nSPS) is 11.1. The Balaban J connectivity index is 1.83. The lowest BCUT2D eigenvalue weighted by molar-refractivity contribution is 0.102. The number of carbonyl (C=O) groups excluding carboxylic acids is 1. The van der Waals surface area contributed by atoms with E-state index < -0.39 is 0 Å². The molecule has 4 aromatic rings. The summed E-state index contributed by atoms with van der Waals surface area (Å²) < 4.78 is 17.9. The third-order valence-corrected chi connectivity index (χ3v) is 4.73. The van der Waals surface area contributed by atoms with Crippen molar-refractivity contribution in [3.8, 4) is 23.0 Å². The molecule has 3 heterocycles. The van der Waals surface area contributed by atoms with Crippen LogP contribution >= 0.6 is 0 Å². The van der Waals surface area contributed by atoms with Crippen LogP contribution in [0, 0.1) is 0 Å². The number of fused-ring (bicyclic) bond motifs is 1. The first-order chi connectivity index (χ1) is 14.5. The largest absolute Gasteiger partial charge is 0.497 e. The van der Waals surface area contributed by atoms with Crippen molar-refractivity contribution in [3.63, 3.8) is 0 Å². The molecule has 1 N–H and O–H groups in total. The standard InChI is InChI=1S/C22H22N4O4/c1-13(2)26-21-16(12-23-26)15(11-18(24-21)20-6-5-9-30-20)22(27)25-17-10-14(28-3)7-8-19(17)29-4/h5-13H,1-4H3,(H,25,27). The van der Waals surface area contributed by atoms with Crippen LogP contribution in [0.5, 0.6) is 11.5 Å². The van der Waals surface area contributed by atoms with Gasteiger partial charge in [-0.2, -0.15) is 5.10 Å². The predicted molar refractivity (Wildman–Crippen MR) is 113 cm³/mol. The van der Waals surface area contributed by atoms with Crippen LogP contribution < -0.4 is 14.8 Å². The third kappa shape index (κ3) is 3.47. The molecule has 0 bridgehead atoms. The van der Waals surface area contributed by atoms with Gasteiger partial charge >= 0.3 is 0 Å². The highest BCUT2D eigenvalue weighted by Crippen LogP contribution is 2.31. The van der Waals surface area contributed by atoms with Crippen LogP contribution in [0.15, 0.2) is 53.3 Å². The molecule has 0 spiro atoms. The Morgan fingerprint density at radius 1 is 1.17 bits per heavy atom. The van der Waals surface area contributed by atoms with Gasteiger partial charge in [0, 0.05) is 12.1 Å². The molecule has 0 fully saturated rings. The SMILES string of the molecule is COc1ccc(OC)c(NC(=O)c2cc(-c3ccco3)nc3c2cnn3C(C)C)c1. The Hall–Kier alpha value is -3.81. The van der Waals surface area contributed by atoms with Crippen molar-refractivity contribution < 1.29 is 18.7 Å². The maximum atomic E-state index is 13.3. The molecular formula is C22H22N4O4. The Morgan fingerprint density at radius 3 is 2.67 bits per heavy atom. The van der Waals surface area contributed by atoms with E-state index in [4.69, 9.17) is 18.9 Å². The minimum Gasteiger partial charge on any atom is -0.497 e. The maximum Gasteiger partial charge on any atom is 0.256 e. The van der Waals surface area contributed by atoms with Crippen LogP contribution in [-0.4, -0.2) is 34.9 Å². The van der Waals surface area contributed by atoms with E-state index in [0.717, 1.165) is 0 Å². The van der Waals surface area contributed by atoms with Crippen molar-refractivity contribution in [1.82, 2.24) is 14.8 Å². The highest BCUT2D eigenvalue weighted by molar-refractivity contribution is 6.13. The van der Waals surface area contributed by atoms with E-state index in [1.807, 2.05) is 13.8 Å². The lowest BCUT2D eigenvalue weighted by Gasteiger charge is -2.13. The van der Waals surface area contributed by atoms with Crippen molar-refractivity contribution in [2.45, 2.75) is 19.9 Å². The fourth-order valence-corrected chi connectivity index (χ4v) is 3.24. The second-order valence-electron chi connectivity index (χ2n) is 6.97. The molecule has 4 rings (SSSR count). The number of benzene rings is 1. The number of ether oxygens (including phenoxy) is 2. The lowest BCUT2D eigenvalue weighted by Crippen LogP contribution is -2.14. The number of aromatic nitrogens is 3. The molecule has 0 aliphatic rings. The Bertz CT molecular complexity index is 1200. The fraction of sp³-hybridized carbons (Fsp3) is 0.227. The van der Waals surface area contributed by atoms with Gasteiger partial charge < -0.3 is 19.2 Å². The van der Waals surface area contributed by atoms with Gasteiger partial charge in [-0.05, 0) is 44.2 Å². The van der Waals surface area contributed by atoms with E-state index in [-0.39, 0.29) is 11.9 Å². The van der Waals surface area contributed by atoms with Gasteiger partial charge in [0.05, 0.1) is 43.3 Å². The van der Waals surface area contributed by atoms with Crippen molar-refractivity contribution in [3.05, 3.63) is 54.4 Å². The summed E-state index contributed by atoms with van der Waals surface area (Å²) in [6.45, 7) is 4.02. The molecule has 0 unspecified atom stereocenters. The summed E-state index contributed by atoms with van der Waals surface area (Å²) >= 11 is 0. The highest BCUT2D eigenvalue weighted by atomic mass is 16.5. The highest BCUT2D eigenvalue weighted by Gasteiger charge is 2.20. The number of amides is 1. The van der Waals surface area contributed by atoms with Gasteiger partial charge in [0.15, 0.2) is 11.4 Å². The summed E-state index contributed by atoms with van der Waals surface area (Å²) in [5.41, 5.74) is 2.10. The van der Waals surface area contributed by atoms with E-state index in [1.54, 1.807) is 67.8 Å². The van der Waals surface area contributed by atoms with Crippen molar-refractivity contribution in [2.75, 3.05) is 19.5 Å². The first kappa shape index (κ1) is 19.5. The smallest absolute Gasteiger partial charge is 0.256 e. The first-order valence-corrected chi connectivity index (χ1v) is 9.47. The lowest BCUT2D eigenvalue weighted by atomic mass is 10.1. The number of hydrogen-bond acceptors (Lipinski definition) is 6. The van der Waals surface area contributed by atoms with E-state index in [2.05, 4.69) is 10.4 Å². The van der Waals surface area contributed by atoms with Gasteiger partial charge in [-0.3, -0.25) is 4.79 Å². The molecule has 0 atom stereocenters. The van der Waals surface area contributed by atoms with Crippen molar-refractivity contribution in [1.29, 1.82) is 0 Å². The van der Waals surface area contributed by atoms with Crippen molar-refractivity contribution in [2.24, 2.45) is 0 Å². The summed E-state index contributed by atoms with van der Waals surface area (Å²) in [6, 6.07) is 10.6. The summed E-state index contributed by atoms with van der Waals surface area (Å²) in [6.07, 6.45) is 3.23. The number of nitrogens with one attached hydrogen (secondary N) is 1. The number of furan rings is 1. The second-order valence-corrected chi connectivity index (χ2v) is 6.97. The zero-order valence-electron chi connectivity index (χ0n) is 17.2. The zero-order valence-corrected chi connectivity index (χ0v) is 17.2. The Morgan fingerprint density at radius 2 is 2.00 bits per heavy atom. The minimum absolute atomic E-state index is 0.0799. The molecule has 30 heavy (non-hydrogen) atoms. The number of anilines is 1. The van der Waals surface area contributed by atoms with E-state index in [1.165, 1.54) is 0 Å². The van der Waals surface area contributed by atoms with Crippen LogP contribution in [0.4, 0.5) is 5.69 Å². The third-order valence-electron chi connectivity index (χ3n) is 4.73. The maximum absolute atomic E-state index is 13.3. The topological polar surface area (TPSA) is 91.4 Å². The number of carbonyl (C=O) groups is 1. The molecule has 0 aliphatic carbocycles. The van der Waals surface area contributed by atoms with Crippen LogP contribution in [0.3, 0.4) is 0 Å². The van der Waals surface area contributed by atoms with Gasteiger partial charge in [-0.15, -0.1) is 0 Å². The summed E-state index contributed by atoms with van der Waals surface area (Å²) in [5.74, 6) is 1.39. The van der Waals surface area contributed by atoms with Gasteiger partial charge in [0.25, 0.3) is 5.91 Å². The zero-order chi connectivity index (χ0) is 21.3. The molecule has 1 aromatic carbocycles. The number of methoxy groups -OCH3 is 2. The second kappa shape index (κ2) is 7.90. The van der Waals surface area contributed by atoms with Gasteiger partial charge in [-0.1, -0.05) is 0 Å². The molecular weight excluding hydrogens is 384 g/mol. The van der Waals surface area contributed by atoms with Crippen LogP contribution in [-0.2, 0) is 0 Å². The molecule has 0 saturated heterocycles. The van der Waals surface area contributed by atoms with E-state index in [9.17, 15) is 4.79 Å². The van der Waals surface area contributed by atoms with E-state index >= 15 is 0 Å². The number of hydrogen-bond donors (Lipinski definition) is 1. The van der Waals surface area contributed by atoms with Crippen LogP contribution in [0.2, 0.25) is 0 Å². The summed E-state index contributed by atoms with van der Waals surface area (Å²) in [7, 11) is 3.11. The quantitative estimate of drug-likeness (QED) is 0.505.